The summed E-state index contributed by atoms with van der Waals surface area (Å²) in [6.07, 6.45) is 3.52. The van der Waals surface area contributed by atoms with E-state index >= 15 is 0 Å². The normalized spacial score (nSPS) is 10.6. The van der Waals surface area contributed by atoms with Gasteiger partial charge in [0.15, 0.2) is 0 Å². The van der Waals surface area contributed by atoms with Crippen molar-refractivity contribution in [1.82, 2.24) is 20.1 Å². The van der Waals surface area contributed by atoms with E-state index in [-0.39, 0.29) is 0 Å². The Balaban J connectivity index is 1.60. The number of nitrogens with one attached hydrogen (secondary N) is 1. The maximum Gasteiger partial charge on any atom is 0.228 e. The Bertz CT molecular complexity index is 760. The molecule has 2 heterocycles. The fourth-order valence-corrected chi connectivity index (χ4v) is 2.10. The van der Waals surface area contributed by atoms with Crippen LogP contribution in [0.4, 0.5) is 5.82 Å². The topological polar surface area (TPSA) is 76.7 Å². The monoisotopic (exact) mass is 335 g/mol. The molecule has 22 heavy (non-hydrogen) atoms. The second-order valence-corrected chi connectivity index (χ2v) is 5.26. The molecule has 3 aromatic rings. The largest absolute Gasteiger partial charge is 0.368 e. The van der Waals surface area contributed by atoms with Crippen LogP contribution in [0.1, 0.15) is 5.89 Å². The van der Waals surface area contributed by atoms with E-state index in [9.17, 15) is 0 Å². The van der Waals surface area contributed by atoms with Crippen molar-refractivity contribution in [3.8, 4) is 11.4 Å². The van der Waals surface area contributed by atoms with E-state index < -0.39 is 0 Å². The fourth-order valence-electron chi connectivity index (χ4n) is 1.80. The third-order valence-corrected chi connectivity index (χ3v) is 3.40. The summed E-state index contributed by atoms with van der Waals surface area (Å²) in [5.74, 6) is 1.64. The van der Waals surface area contributed by atoms with Gasteiger partial charge in [-0.1, -0.05) is 28.4 Å². The quantitative estimate of drug-likeness (QED) is 0.769. The number of hydrogen-bond donors (Lipinski definition) is 1. The summed E-state index contributed by atoms with van der Waals surface area (Å²) in [5, 5.41) is 8.17. The van der Waals surface area contributed by atoms with Crippen molar-refractivity contribution >= 4 is 29.0 Å². The highest BCUT2D eigenvalue weighted by atomic mass is 35.5. The van der Waals surface area contributed by atoms with Crippen molar-refractivity contribution in [2.24, 2.45) is 0 Å². The summed E-state index contributed by atoms with van der Waals surface area (Å²) in [6.45, 7) is 0.568. The molecule has 0 aliphatic carbocycles. The average Bonchev–Trinajstić information content (AvgIpc) is 2.99. The molecule has 0 saturated carbocycles. The first-order valence-corrected chi connectivity index (χ1v) is 7.26. The molecule has 0 saturated heterocycles. The van der Waals surface area contributed by atoms with Crippen LogP contribution in [0.25, 0.3) is 11.4 Å². The maximum absolute atomic E-state index is 5.95. The number of nitrogens with zero attached hydrogens (tertiary/aromatic N) is 4. The van der Waals surface area contributed by atoms with Crippen LogP contribution in [0, 0.1) is 0 Å². The summed E-state index contributed by atoms with van der Waals surface area (Å²) >= 11 is 11.8. The lowest BCUT2D eigenvalue weighted by molar-refractivity contribution is 0.381. The highest BCUT2D eigenvalue weighted by molar-refractivity contribution is 6.32. The minimum Gasteiger partial charge on any atom is -0.368 e. The van der Waals surface area contributed by atoms with Crippen LogP contribution in [0.15, 0.2) is 41.3 Å². The predicted octanol–water partition coefficient (Wildman–Crippen LogP) is 3.49. The number of hydrogen-bond acceptors (Lipinski definition) is 6. The second kappa shape index (κ2) is 6.72. The number of aromatic nitrogens is 4. The van der Waals surface area contributed by atoms with Crippen LogP contribution < -0.4 is 5.32 Å². The SMILES string of the molecule is Clc1ccc(-c2noc(CCNc3ncncc3Cl)n2)cc1. The van der Waals surface area contributed by atoms with Crippen LogP contribution in [-0.2, 0) is 6.42 Å². The molecule has 0 atom stereocenters. The zero-order chi connectivity index (χ0) is 15.4. The van der Waals surface area contributed by atoms with Gasteiger partial charge in [-0.2, -0.15) is 4.98 Å². The first-order valence-electron chi connectivity index (χ1n) is 6.50. The van der Waals surface area contributed by atoms with Gasteiger partial charge in [-0.05, 0) is 24.3 Å². The van der Waals surface area contributed by atoms with Gasteiger partial charge in [0.05, 0.1) is 6.20 Å². The predicted molar refractivity (Wildman–Crippen MR) is 84.0 cm³/mol. The minimum absolute atomic E-state index is 0.467. The van der Waals surface area contributed by atoms with Gasteiger partial charge >= 0.3 is 0 Å². The van der Waals surface area contributed by atoms with Crippen LogP contribution in [0.2, 0.25) is 10.0 Å². The van der Waals surface area contributed by atoms with E-state index in [4.69, 9.17) is 27.7 Å². The van der Waals surface area contributed by atoms with E-state index in [1.165, 1.54) is 12.5 Å². The average molecular weight is 336 g/mol. The highest BCUT2D eigenvalue weighted by Crippen LogP contribution is 2.19. The van der Waals surface area contributed by atoms with Crippen molar-refractivity contribution < 1.29 is 4.52 Å². The van der Waals surface area contributed by atoms with Gasteiger partial charge in [-0.3, -0.25) is 0 Å². The molecule has 0 unspecified atom stereocenters. The molecule has 1 aromatic carbocycles. The summed E-state index contributed by atoms with van der Waals surface area (Å²) < 4.78 is 5.22. The molecule has 0 aliphatic heterocycles. The molecule has 1 N–H and O–H groups in total. The third kappa shape index (κ3) is 3.52. The Kier molecular flexibility index (Phi) is 4.50. The lowest BCUT2D eigenvalue weighted by Crippen LogP contribution is -2.07. The highest BCUT2D eigenvalue weighted by Gasteiger charge is 2.09. The molecule has 0 radical (unpaired) electrons. The lowest BCUT2D eigenvalue weighted by atomic mass is 10.2. The molecular formula is C14H11Cl2N5O. The van der Waals surface area contributed by atoms with Crippen LogP contribution in [-0.4, -0.2) is 26.7 Å². The molecule has 0 fully saturated rings. The molecular weight excluding hydrogens is 325 g/mol. The Morgan fingerprint density at radius 2 is 1.95 bits per heavy atom. The van der Waals surface area contributed by atoms with Gasteiger partial charge in [0.1, 0.15) is 17.2 Å². The number of rotatable bonds is 5. The summed E-state index contributed by atoms with van der Waals surface area (Å²) in [5.41, 5.74) is 0.853. The summed E-state index contributed by atoms with van der Waals surface area (Å²) in [6, 6.07) is 7.25. The van der Waals surface area contributed by atoms with E-state index in [1.807, 2.05) is 12.1 Å². The van der Waals surface area contributed by atoms with E-state index in [0.29, 0.717) is 40.5 Å². The zero-order valence-corrected chi connectivity index (χ0v) is 12.8. The molecule has 0 bridgehead atoms. The molecule has 0 spiro atoms. The van der Waals surface area contributed by atoms with Crippen LogP contribution in [0.3, 0.4) is 0 Å². The molecule has 0 amide bonds. The van der Waals surface area contributed by atoms with Gasteiger partial charge in [0.2, 0.25) is 11.7 Å². The van der Waals surface area contributed by atoms with Crippen molar-refractivity contribution in [2.75, 3.05) is 11.9 Å². The smallest absolute Gasteiger partial charge is 0.228 e. The van der Waals surface area contributed by atoms with E-state index in [1.54, 1.807) is 12.1 Å². The van der Waals surface area contributed by atoms with E-state index in [2.05, 4.69) is 25.4 Å². The number of anilines is 1. The van der Waals surface area contributed by atoms with Gasteiger partial charge in [-0.25, -0.2) is 9.97 Å². The first kappa shape index (κ1) is 14.7. The van der Waals surface area contributed by atoms with Gasteiger partial charge in [-0.15, -0.1) is 0 Å². The second-order valence-electron chi connectivity index (χ2n) is 4.41. The summed E-state index contributed by atoms with van der Waals surface area (Å²) in [4.78, 5) is 12.2. The van der Waals surface area contributed by atoms with Crippen LogP contribution >= 0.6 is 23.2 Å². The lowest BCUT2D eigenvalue weighted by Gasteiger charge is -2.03. The number of halogens is 2. The summed E-state index contributed by atoms with van der Waals surface area (Å²) in [7, 11) is 0. The molecule has 6 nitrogen and oxygen atoms in total. The van der Waals surface area contributed by atoms with Crippen molar-refractivity contribution in [2.45, 2.75) is 6.42 Å². The Labute approximate surface area is 136 Å². The van der Waals surface area contributed by atoms with Gasteiger partial charge in [0.25, 0.3) is 0 Å². The Morgan fingerprint density at radius 1 is 1.14 bits per heavy atom. The number of benzene rings is 1. The van der Waals surface area contributed by atoms with Gasteiger partial charge < -0.3 is 9.84 Å². The third-order valence-electron chi connectivity index (χ3n) is 2.87. The van der Waals surface area contributed by atoms with Crippen molar-refractivity contribution in [3.63, 3.8) is 0 Å². The fraction of sp³-hybridized carbons (Fsp3) is 0.143. The maximum atomic E-state index is 5.95. The molecule has 0 aliphatic rings. The molecule has 8 heteroatoms. The van der Waals surface area contributed by atoms with E-state index in [0.717, 1.165) is 5.56 Å². The minimum atomic E-state index is 0.467. The molecule has 112 valence electrons. The van der Waals surface area contributed by atoms with Crippen LogP contribution in [0.5, 0.6) is 0 Å². The van der Waals surface area contributed by atoms with Crippen molar-refractivity contribution in [1.29, 1.82) is 0 Å². The Morgan fingerprint density at radius 3 is 2.73 bits per heavy atom. The van der Waals surface area contributed by atoms with Gasteiger partial charge in [0, 0.05) is 23.6 Å². The van der Waals surface area contributed by atoms with Crippen molar-refractivity contribution in [3.05, 3.63) is 52.7 Å². The Hall–Kier alpha value is -2.18. The first-order chi connectivity index (χ1) is 10.7. The standard InChI is InChI=1S/C14H11Cl2N5O/c15-10-3-1-9(2-4-10)13-20-12(22-21-13)5-6-18-14-11(16)7-17-8-19-14/h1-4,7-8H,5-6H2,(H,17,18,19). The molecule has 3 rings (SSSR count). The zero-order valence-electron chi connectivity index (χ0n) is 11.3. The molecule has 2 aromatic heterocycles.